The highest BCUT2D eigenvalue weighted by Gasteiger charge is 2.33. The Kier molecular flexibility index (Phi) is 5.41. The summed E-state index contributed by atoms with van der Waals surface area (Å²) in [7, 11) is 2.93. The summed E-state index contributed by atoms with van der Waals surface area (Å²) in [6.07, 6.45) is 1.22. The molecule has 1 aliphatic carbocycles. The van der Waals surface area contributed by atoms with Gasteiger partial charge in [-0.25, -0.2) is 4.79 Å². The maximum atomic E-state index is 12.8. The molecule has 1 N–H and O–H groups in total. The minimum atomic E-state index is -0.802. The number of ketones is 2. The molecule has 1 aliphatic rings. The van der Waals surface area contributed by atoms with Gasteiger partial charge in [0.1, 0.15) is 11.3 Å². The first-order valence-corrected chi connectivity index (χ1v) is 8.90. The van der Waals surface area contributed by atoms with E-state index >= 15 is 0 Å². The predicted molar refractivity (Wildman–Crippen MR) is 105 cm³/mol. The number of Topliss-reactive ketones (excluding diaryl/α,β-unsaturated/α-hetero) is 1. The number of carbonyl (C=O) groups excluding carboxylic acids is 3. The van der Waals surface area contributed by atoms with Gasteiger partial charge >= 0.3 is 5.97 Å². The van der Waals surface area contributed by atoms with E-state index in [2.05, 4.69) is 0 Å². The van der Waals surface area contributed by atoms with E-state index < -0.39 is 23.3 Å². The van der Waals surface area contributed by atoms with E-state index in [9.17, 15) is 19.5 Å². The second-order valence-electron chi connectivity index (χ2n) is 6.38. The van der Waals surface area contributed by atoms with Crippen molar-refractivity contribution in [2.45, 2.75) is 13.8 Å². The Labute approximate surface area is 167 Å². The molecule has 0 bridgehead atoms. The minimum Gasteiger partial charge on any atom is -0.507 e. The molecule has 0 unspecified atom stereocenters. The van der Waals surface area contributed by atoms with Crippen LogP contribution >= 0.6 is 0 Å². The van der Waals surface area contributed by atoms with Gasteiger partial charge in [0.25, 0.3) is 0 Å². The van der Waals surface area contributed by atoms with E-state index in [-0.39, 0.29) is 34.4 Å². The molecule has 7 nitrogen and oxygen atoms in total. The maximum Gasteiger partial charge on any atom is 0.342 e. The molecule has 7 heteroatoms. The number of aromatic hydroxyl groups is 1. The number of carbonyl (C=O) groups is 3. The highest BCUT2D eigenvalue weighted by atomic mass is 16.5. The highest BCUT2D eigenvalue weighted by Crippen LogP contribution is 2.42. The summed E-state index contributed by atoms with van der Waals surface area (Å²) in [5.41, 5.74) is 0.642. The Morgan fingerprint density at radius 3 is 2.34 bits per heavy atom. The second kappa shape index (κ2) is 7.79. The standard InChI is InChI=1S/C22H20O7/c1-5-29-22(26)20-15(24)10-13-19(14(23)8-11(2)21(13)25)18(20)12-6-7-16(27-3)17(9-12)28-4/h6-10,24H,5H2,1-4H3. The highest BCUT2D eigenvalue weighted by molar-refractivity contribution is 6.28. The molecule has 0 heterocycles. The lowest BCUT2D eigenvalue weighted by atomic mass is 9.82. The van der Waals surface area contributed by atoms with Gasteiger partial charge in [0.05, 0.1) is 20.8 Å². The van der Waals surface area contributed by atoms with E-state index in [0.717, 1.165) is 6.07 Å². The molecule has 0 fully saturated rings. The first kappa shape index (κ1) is 20.1. The molecule has 0 amide bonds. The normalized spacial score (nSPS) is 12.9. The number of esters is 1. The topological polar surface area (TPSA) is 99.1 Å². The van der Waals surface area contributed by atoms with Crippen molar-refractivity contribution in [1.29, 1.82) is 0 Å². The molecule has 2 aromatic rings. The van der Waals surface area contributed by atoms with Gasteiger partial charge in [0.15, 0.2) is 23.1 Å². The fourth-order valence-corrected chi connectivity index (χ4v) is 3.34. The summed E-state index contributed by atoms with van der Waals surface area (Å²) >= 11 is 0. The molecule has 0 radical (unpaired) electrons. The van der Waals surface area contributed by atoms with Crippen molar-refractivity contribution in [3.8, 4) is 28.4 Å². The quantitative estimate of drug-likeness (QED) is 0.771. The Hall–Kier alpha value is -3.61. The van der Waals surface area contributed by atoms with Crippen LogP contribution in [0.3, 0.4) is 0 Å². The van der Waals surface area contributed by atoms with Crippen LogP contribution in [0.2, 0.25) is 0 Å². The number of phenols is 1. The third-order valence-electron chi connectivity index (χ3n) is 4.66. The monoisotopic (exact) mass is 396 g/mol. The summed E-state index contributed by atoms with van der Waals surface area (Å²) in [6.45, 7) is 3.23. The molecule has 29 heavy (non-hydrogen) atoms. The molecule has 0 aromatic heterocycles. The molecular weight excluding hydrogens is 376 g/mol. The summed E-state index contributed by atoms with van der Waals surface area (Å²) in [4.78, 5) is 38.1. The van der Waals surface area contributed by atoms with Crippen molar-refractivity contribution in [1.82, 2.24) is 0 Å². The van der Waals surface area contributed by atoms with Crippen molar-refractivity contribution < 1.29 is 33.7 Å². The Balaban J connectivity index is 2.41. The Bertz CT molecular complexity index is 1060. The van der Waals surface area contributed by atoms with Crippen LogP contribution in [0.15, 0.2) is 35.9 Å². The van der Waals surface area contributed by atoms with E-state index in [4.69, 9.17) is 14.2 Å². The van der Waals surface area contributed by atoms with Crippen LogP contribution in [-0.2, 0) is 4.74 Å². The predicted octanol–water partition coefficient (Wildman–Crippen LogP) is 3.58. The van der Waals surface area contributed by atoms with E-state index in [0.29, 0.717) is 17.1 Å². The molecule has 3 rings (SSSR count). The number of methoxy groups -OCH3 is 2. The van der Waals surface area contributed by atoms with Crippen LogP contribution < -0.4 is 9.47 Å². The fourth-order valence-electron chi connectivity index (χ4n) is 3.34. The first-order valence-electron chi connectivity index (χ1n) is 8.90. The van der Waals surface area contributed by atoms with Crippen LogP contribution in [0, 0.1) is 0 Å². The van der Waals surface area contributed by atoms with Crippen molar-refractivity contribution in [3.63, 3.8) is 0 Å². The third kappa shape index (κ3) is 3.35. The van der Waals surface area contributed by atoms with Crippen molar-refractivity contribution in [2.75, 3.05) is 20.8 Å². The van der Waals surface area contributed by atoms with Crippen LogP contribution in [0.4, 0.5) is 0 Å². The van der Waals surface area contributed by atoms with Crippen molar-refractivity contribution in [2.24, 2.45) is 0 Å². The average Bonchev–Trinajstić information content (AvgIpc) is 2.70. The van der Waals surface area contributed by atoms with Gasteiger partial charge in [-0.3, -0.25) is 9.59 Å². The SMILES string of the molecule is CCOC(=O)c1c(O)cc2c(c1-c1ccc(OC)c(OC)c1)C(=O)C=C(C)C2=O. The van der Waals surface area contributed by atoms with Gasteiger partial charge in [-0.2, -0.15) is 0 Å². The van der Waals surface area contributed by atoms with Gasteiger partial charge < -0.3 is 19.3 Å². The van der Waals surface area contributed by atoms with Gasteiger partial charge in [0.2, 0.25) is 0 Å². The van der Waals surface area contributed by atoms with E-state index in [1.807, 2.05) is 0 Å². The average molecular weight is 396 g/mol. The van der Waals surface area contributed by atoms with Crippen molar-refractivity contribution in [3.05, 3.63) is 52.6 Å². The zero-order valence-electron chi connectivity index (χ0n) is 16.5. The zero-order chi connectivity index (χ0) is 21.3. The summed E-state index contributed by atoms with van der Waals surface area (Å²) in [5, 5.41) is 10.6. The number of allylic oxidation sites excluding steroid dienone is 2. The van der Waals surface area contributed by atoms with Gasteiger partial charge in [-0.15, -0.1) is 0 Å². The Morgan fingerprint density at radius 2 is 1.72 bits per heavy atom. The largest absolute Gasteiger partial charge is 0.507 e. The second-order valence-corrected chi connectivity index (χ2v) is 6.38. The number of benzene rings is 2. The van der Waals surface area contributed by atoms with Crippen LogP contribution in [0.1, 0.15) is 44.9 Å². The summed E-state index contributed by atoms with van der Waals surface area (Å²) in [5.74, 6) is -1.27. The van der Waals surface area contributed by atoms with Gasteiger partial charge in [-0.1, -0.05) is 6.07 Å². The van der Waals surface area contributed by atoms with Crippen molar-refractivity contribution >= 4 is 17.5 Å². The molecular formula is C22H20O7. The minimum absolute atomic E-state index is 0.0327. The van der Waals surface area contributed by atoms with Crippen LogP contribution in [-0.4, -0.2) is 43.5 Å². The van der Waals surface area contributed by atoms with Crippen LogP contribution in [0.25, 0.3) is 11.1 Å². The molecule has 0 saturated heterocycles. The van der Waals surface area contributed by atoms with Crippen LogP contribution in [0.5, 0.6) is 17.2 Å². The Morgan fingerprint density at radius 1 is 1.03 bits per heavy atom. The number of hydrogen-bond donors (Lipinski definition) is 1. The molecule has 2 aromatic carbocycles. The molecule has 0 saturated carbocycles. The number of ether oxygens (including phenoxy) is 3. The molecule has 0 atom stereocenters. The number of phenolic OH excluding ortho intramolecular Hbond substituents is 1. The first-order chi connectivity index (χ1) is 13.8. The van der Waals surface area contributed by atoms with Gasteiger partial charge in [0, 0.05) is 22.3 Å². The summed E-state index contributed by atoms with van der Waals surface area (Å²) < 4.78 is 15.6. The fraction of sp³-hybridized carbons (Fsp3) is 0.227. The molecule has 150 valence electrons. The van der Waals surface area contributed by atoms with E-state index in [1.54, 1.807) is 25.1 Å². The lowest BCUT2D eigenvalue weighted by Crippen LogP contribution is -2.19. The smallest absolute Gasteiger partial charge is 0.342 e. The zero-order valence-corrected chi connectivity index (χ0v) is 16.5. The molecule has 0 aliphatic heterocycles. The summed E-state index contributed by atoms with van der Waals surface area (Å²) in [6, 6.07) is 5.93. The van der Waals surface area contributed by atoms with E-state index in [1.165, 1.54) is 27.2 Å². The third-order valence-corrected chi connectivity index (χ3v) is 4.66. The van der Waals surface area contributed by atoms with Gasteiger partial charge in [-0.05, 0) is 43.7 Å². The lowest BCUT2D eigenvalue weighted by Gasteiger charge is -2.21. The maximum absolute atomic E-state index is 12.8. The lowest BCUT2D eigenvalue weighted by molar-refractivity contribution is 0.0523. The number of rotatable bonds is 5. The number of hydrogen-bond acceptors (Lipinski definition) is 7. The number of fused-ring (bicyclic) bond motifs is 1. The molecule has 0 spiro atoms.